The zero-order chi connectivity index (χ0) is 26.8. The van der Waals surface area contributed by atoms with E-state index in [-0.39, 0.29) is 24.6 Å². The first-order chi connectivity index (χ1) is 17.6. The Labute approximate surface area is 215 Å². The number of nitrogens with zero attached hydrogens (tertiary/aromatic N) is 1. The Morgan fingerprint density at radius 1 is 0.919 bits per heavy atom. The minimum atomic E-state index is -3.56. The number of halogens is 1. The van der Waals surface area contributed by atoms with Crippen molar-refractivity contribution < 1.29 is 36.5 Å². The van der Waals surface area contributed by atoms with Crippen LogP contribution in [0.25, 0.3) is 0 Å². The molecule has 0 aromatic heterocycles. The summed E-state index contributed by atoms with van der Waals surface area (Å²) in [5.41, 5.74) is 2.80. The van der Waals surface area contributed by atoms with Crippen LogP contribution >= 0.6 is 0 Å². The van der Waals surface area contributed by atoms with E-state index in [0.717, 1.165) is 22.9 Å². The molecule has 3 aromatic carbocycles. The van der Waals surface area contributed by atoms with Crippen molar-refractivity contribution in [2.45, 2.75) is 26.4 Å². The lowest BCUT2D eigenvalue weighted by Crippen LogP contribution is -2.24. The van der Waals surface area contributed by atoms with E-state index >= 15 is 0 Å². The molecular formula is C27H28FNO7S. The molecule has 196 valence electrons. The van der Waals surface area contributed by atoms with E-state index in [1.54, 1.807) is 67.6 Å². The fourth-order valence-corrected chi connectivity index (χ4v) is 3.86. The first-order valence-corrected chi connectivity index (χ1v) is 13.2. The fourth-order valence-electron chi connectivity index (χ4n) is 3.40. The molecule has 0 aliphatic rings. The number of aliphatic carboxylic acids is 1. The summed E-state index contributed by atoms with van der Waals surface area (Å²) in [5, 5.41) is 13.6. The van der Waals surface area contributed by atoms with Gasteiger partial charge in [0.25, 0.3) is 0 Å². The van der Waals surface area contributed by atoms with Crippen LogP contribution in [0.4, 0.5) is 4.39 Å². The van der Waals surface area contributed by atoms with Crippen LogP contribution in [0.5, 0.6) is 11.5 Å². The Bertz CT molecular complexity index is 1310. The molecule has 1 atom stereocenters. The highest BCUT2D eigenvalue weighted by Gasteiger charge is 2.22. The highest BCUT2D eigenvalue weighted by molar-refractivity contribution is 7.86. The van der Waals surface area contributed by atoms with E-state index in [1.807, 2.05) is 0 Å². The van der Waals surface area contributed by atoms with Gasteiger partial charge in [0.2, 0.25) is 0 Å². The van der Waals surface area contributed by atoms with E-state index in [9.17, 15) is 22.7 Å². The summed E-state index contributed by atoms with van der Waals surface area (Å²) in [6.45, 7) is 2.11. The number of oxime groups is 1. The molecule has 0 bridgehead atoms. The standard InChI is InChI=1S/C27H28FNO7S/c1-19(29-35-18-22-3-9-23(28)10-4-22)26(27(30)31)17-21-7-11-24(12-8-21)34-16-15-20-5-13-25(14-6-20)36-37(2,32)33/h3-14,26H,15-18H2,1-2H3,(H,30,31). The quantitative estimate of drug-likeness (QED) is 0.195. The zero-order valence-electron chi connectivity index (χ0n) is 20.5. The summed E-state index contributed by atoms with van der Waals surface area (Å²) in [6.07, 6.45) is 1.82. The highest BCUT2D eigenvalue weighted by Crippen LogP contribution is 2.18. The number of carbonyl (C=O) groups is 1. The minimum Gasteiger partial charge on any atom is -0.493 e. The van der Waals surface area contributed by atoms with Crippen molar-refractivity contribution in [1.82, 2.24) is 0 Å². The predicted molar refractivity (Wildman–Crippen MR) is 137 cm³/mol. The summed E-state index contributed by atoms with van der Waals surface area (Å²) >= 11 is 0. The Morgan fingerprint density at radius 3 is 2.08 bits per heavy atom. The van der Waals surface area contributed by atoms with Gasteiger partial charge in [0.1, 0.15) is 29.8 Å². The third-order valence-electron chi connectivity index (χ3n) is 5.35. The van der Waals surface area contributed by atoms with E-state index in [0.29, 0.717) is 24.5 Å². The minimum absolute atomic E-state index is 0.106. The molecule has 0 saturated heterocycles. The van der Waals surface area contributed by atoms with Crippen LogP contribution in [0.1, 0.15) is 23.6 Å². The van der Waals surface area contributed by atoms with Gasteiger partial charge in [-0.2, -0.15) is 8.42 Å². The first kappa shape index (κ1) is 27.7. The molecule has 3 rings (SSSR count). The largest absolute Gasteiger partial charge is 0.493 e. The van der Waals surface area contributed by atoms with E-state index in [4.69, 9.17) is 13.8 Å². The van der Waals surface area contributed by atoms with Gasteiger partial charge in [-0.05, 0) is 66.4 Å². The number of hydrogen-bond donors (Lipinski definition) is 1. The number of ether oxygens (including phenoxy) is 1. The first-order valence-electron chi connectivity index (χ1n) is 11.4. The van der Waals surface area contributed by atoms with Gasteiger partial charge in [0.05, 0.1) is 18.6 Å². The number of hydrogen-bond acceptors (Lipinski definition) is 7. The summed E-state index contributed by atoms with van der Waals surface area (Å²) < 4.78 is 45.9. The summed E-state index contributed by atoms with van der Waals surface area (Å²) in [5.74, 6) is -1.34. The number of rotatable bonds is 13. The predicted octanol–water partition coefficient (Wildman–Crippen LogP) is 4.62. The number of benzene rings is 3. The zero-order valence-corrected chi connectivity index (χ0v) is 21.3. The smallest absolute Gasteiger partial charge is 0.312 e. The van der Waals surface area contributed by atoms with Crippen LogP contribution in [-0.4, -0.2) is 38.1 Å². The van der Waals surface area contributed by atoms with Crippen LogP contribution in [0.2, 0.25) is 0 Å². The van der Waals surface area contributed by atoms with Crippen molar-refractivity contribution >= 4 is 21.8 Å². The maximum atomic E-state index is 13.0. The molecule has 0 aliphatic heterocycles. The molecule has 0 saturated carbocycles. The molecular weight excluding hydrogens is 501 g/mol. The lowest BCUT2D eigenvalue weighted by molar-refractivity contribution is -0.139. The Morgan fingerprint density at radius 2 is 1.49 bits per heavy atom. The van der Waals surface area contributed by atoms with Gasteiger partial charge in [0.15, 0.2) is 0 Å². The fraction of sp³-hybridized carbons (Fsp3) is 0.259. The van der Waals surface area contributed by atoms with Crippen LogP contribution < -0.4 is 8.92 Å². The van der Waals surface area contributed by atoms with Gasteiger partial charge in [-0.25, -0.2) is 4.39 Å². The second-order valence-electron chi connectivity index (χ2n) is 8.40. The molecule has 0 radical (unpaired) electrons. The molecule has 1 unspecified atom stereocenters. The van der Waals surface area contributed by atoms with Crippen molar-refractivity contribution in [2.75, 3.05) is 12.9 Å². The molecule has 8 nitrogen and oxygen atoms in total. The van der Waals surface area contributed by atoms with Gasteiger partial charge in [-0.15, -0.1) is 0 Å². The van der Waals surface area contributed by atoms with Gasteiger partial charge in [0, 0.05) is 6.42 Å². The van der Waals surface area contributed by atoms with Crippen molar-refractivity contribution in [1.29, 1.82) is 0 Å². The molecule has 10 heteroatoms. The third-order valence-corrected chi connectivity index (χ3v) is 5.84. The summed E-state index contributed by atoms with van der Waals surface area (Å²) in [4.78, 5) is 17.1. The molecule has 3 aromatic rings. The average molecular weight is 530 g/mol. The molecule has 37 heavy (non-hydrogen) atoms. The van der Waals surface area contributed by atoms with E-state index < -0.39 is 22.0 Å². The second kappa shape index (κ2) is 12.9. The van der Waals surface area contributed by atoms with Crippen molar-refractivity contribution in [3.63, 3.8) is 0 Å². The molecule has 0 aliphatic carbocycles. The van der Waals surface area contributed by atoms with E-state index in [1.165, 1.54) is 12.1 Å². The third kappa shape index (κ3) is 9.57. The van der Waals surface area contributed by atoms with Crippen LogP contribution in [0.15, 0.2) is 78.0 Å². The molecule has 0 heterocycles. The Kier molecular flexibility index (Phi) is 9.62. The van der Waals surface area contributed by atoms with Gasteiger partial charge >= 0.3 is 16.1 Å². The van der Waals surface area contributed by atoms with Crippen LogP contribution in [-0.2, 0) is 39.2 Å². The Hall–Kier alpha value is -3.92. The van der Waals surface area contributed by atoms with Crippen molar-refractivity contribution in [3.8, 4) is 11.5 Å². The molecule has 0 fully saturated rings. The van der Waals surface area contributed by atoms with Gasteiger partial charge in [-0.1, -0.05) is 41.6 Å². The lowest BCUT2D eigenvalue weighted by Gasteiger charge is -2.13. The topological polar surface area (TPSA) is 111 Å². The maximum Gasteiger partial charge on any atom is 0.312 e. The van der Waals surface area contributed by atoms with Gasteiger partial charge in [-0.3, -0.25) is 4.79 Å². The monoisotopic (exact) mass is 529 g/mol. The highest BCUT2D eigenvalue weighted by atomic mass is 32.2. The lowest BCUT2D eigenvalue weighted by atomic mass is 9.95. The average Bonchev–Trinajstić information content (AvgIpc) is 2.84. The van der Waals surface area contributed by atoms with Crippen molar-refractivity contribution in [2.24, 2.45) is 11.1 Å². The normalized spacial score (nSPS) is 12.6. The summed E-state index contributed by atoms with van der Waals surface area (Å²) in [6, 6.07) is 19.6. The van der Waals surface area contributed by atoms with E-state index in [2.05, 4.69) is 5.16 Å². The summed E-state index contributed by atoms with van der Waals surface area (Å²) in [7, 11) is -3.56. The van der Waals surface area contributed by atoms with Crippen LogP contribution in [0, 0.1) is 11.7 Å². The maximum absolute atomic E-state index is 13.0. The second-order valence-corrected chi connectivity index (χ2v) is 9.98. The van der Waals surface area contributed by atoms with Crippen LogP contribution in [0.3, 0.4) is 0 Å². The SMILES string of the molecule is CC(=NOCc1ccc(F)cc1)C(Cc1ccc(OCCc2ccc(OS(C)(=O)=O)cc2)cc1)C(=O)O. The Balaban J connectivity index is 1.49. The molecule has 0 spiro atoms. The van der Waals surface area contributed by atoms with Crippen molar-refractivity contribution in [3.05, 3.63) is 95.3 Å². The molecule has 1 N–H and O–H groups in total. The molecule has 0 amide bonds. The number of carboxylic acids is 1. The number of carboxylic acid groups (broad SMARTS) is 1. The van der Waals surface area contributed by atoms with Gasteiger partial charge < -0.3 is 18.9 Å².